The second kappa shape index (κ2) is 13.2. The van der Waals surface area contributed by atoms with Gasteiger partial charge in [-0.1, -0.05) is 30.4 Å². The average molecular weight is 464 g/mol. The molecule has 0 atom stereocenters. The van der Waals surface area contributed by atoms with Crippen molar-refractivity contribution >= 4 is 30.0 Å². The largest absolute Gasteiger partial charge is 0.496 e. The molecule has 0 bridgehead atoms. The first-order valence-electron chi connectivity index (χ1n) is 11.2. The summed E-state index contributed by atoms with van der Waals surface area (Å²) in [6.07, 6.45) is 6.51. The van der Waals surface area contributed by atoms with E-state index in [-0.39, 0.29) is 18.0 Å². The molecular weight excluding hydrogens is 434 g/mol. The maximum Gasteiger partial charge on any atom is 0.163 e. The van der Waals surface area contributed by atoms with Crippen molar-refractivity contribution < 1.29 is 28.6 Å². The van der Waals surface area contributed by atoms with Crippen molar-refractivity contribution in [3.8, 4) is 11.5 Å². The molecule has 0 saturated carbocycles. The van der Waals surface area contributed by atoms with Crippen molar-refractivity contribution in [2.75, 3.05) is 46.6 Å². The van der Waals surface area contributed by atoms with Crippen LogP contribution in [0.4, 0.5) is 0 Å². The number of ether oxygens (including phenoxy) is 3. The first-order valence-corrected chi connectivity index (χ1v) is 11.2. The number of morpholine rings is 1. The molecule has 2 aromatic rings. The molecular formula is C27H29NO6. The van der Waals surface area contributed by atoms with Crippen molar-refractivity contribution in [1.82, 2.24) is 4.90 Å². The van der Waals surface area contributed by atoms with E-state index >= 15 is 0 Å². The number of allylic oxidation sites excluding steroid dienone is 2. The summed E-state index contributed by atoms with van der Waals surface area (Å²) < 4.78 is 16.3. The highest BCUT2D eigenvalue weighted by Gasteiger charge is 2.10. The summed E-state index contributed by atoms with van der Waals surface area (Å²) in [6, 6.07) is 12.4. The van der Waals surface area contributed by atoms with Crippen LogP contribution in [0.5, 0.6) is 11.5 Å². The van der Waals surface area contributed by atoms with Gasteiger partial charge in [-0.05, 0) is 47.5 Å². The second-order valence-electron chi connectivity index (χ2n) is 7.77. The van der Waals surface area contributed by atoms with Crippen molar-refractivity contribution in [2.45, 2.75) is 6.42 Å². The van der Waals surface area contributed by atoms with Crippen LogP contribution in [0.1, 0.15) is 27.9 Å². The van der Waals surface area contributed by atoms with Gasteiger partial charge in [0.1, 0.15) is 18.1 Å². The van der Waals surface area contributed by atoms with Crippen LogP contribution in [0.25, 0.3) is 12.2 Å². The number of nitrogens with zero attached hydrogens (tertiary/aromatic N) is 1. The molecule has 178 valence electrons. The topological polar surface area (TPSA) is 82.1 Å². The quantitative estimate of drug-likeness (QED) is 0.271. The third-order valence-corrected chi connectivity index (χ3v) is 5.32. The van der Waals surface area contributed by atoms with Crippen molar-refractivity contribution in [3.63, 3.8) is 0 Å². The predicted molar refractivity (Wildman–Crippen MR) is 130 cm³/mol. The van der Waals surface area contributed by atoms with Gasteiger partial charge in [-0.15, -0.1) is 0 Å². The number of methoxy groups -OCH3 is 1. The zero-order chi connectivity index (χ0) is 24.2. The van der Waals surface area contributed by atoms with Crippen LogP contribution in [0, 0.1) is 0 Å². The van der Waals surface area contributed by atoms with E-state index in [1.165, 1.54) is 19.3 Å². The molecule has 1 fully saturated rings. The van der Waals surface area contributed by atoms with E-state index in [2.05, 4.69) is 4.90 Å². The minimum absolute atomic E-state index is 0.223. The zero-order valence-electron chi connectivity index (χ0n) is 19.3. The first kappa shape index (κ1) is 25.1. The van der Waals surface area contributed by atoms with Gasteiger partial charge in [0.2, 0.25) is 0 Å². The van der Waals surface area contributed by atoms with Gasteiger partial charge in [-0.2, -0.15) is 0 Å². The molecule has 7 nitrogen and oxygen atoms in total. The number of hydrogen-bond donors (Lipinski definition) is 0. The maximum absolute atomic E-state index is 12.1. The molecule has 1 aliphatic rings. The van der Waals surface area contributed by atoms with E-state index in [0.717, 1.165) is 44.2 Å². The third kappa shape index (κ3) is 8.10. The Morgan fingerprint density at radius 2 is 1.62 bits per heavy atom. The number of carbonyl (C=O) groups is 3. The highest BCUT2D eigenvalue weighted by atomic mass is 16.5. The van der Waals surface area contributed by atoms with Gasteiger partial charge in [0.05, 0.1) is 32.3 Å². The minimum Gasteiger partial charge on any atom is -0.496 e. The molecule has 0 unspecified atom stereocenters. The summed E-state index contributed by atoms with van der Waals surface area (Å²) in [5.74, 6) is 0.610. The molecule has 0 amide bonds. The molecule has 3 rings (SSSR count). The van der Waals surface area contributed by atoms with Gasteiger partial charge < -0.3 is 14.2 Å². The van der Waals surface area contributed by atoms with Crippen LogP contribution in [-0.4, -0.2) is 69.3 Å². The minimum atomic E-state index is -0.308. The molecule has 0 spiro atoms. The van der Waals surface area contributed by atoms with E-state index in [4.69, 9.17) is 14.2 Å². The Labute approximate surface area is 199 Å². The standard InChI is InChI=1S/C27H29NO6/c1-32-27-18-22(2-7-23(27)20-29)4-9-25(31)19-24(30)8-3-21-5-10-26(11-6-21)34-17-14-28-12-15-33-16-13-28/h2-11,18,20H,12-17,19H2,1H3/b8-3+,9-4+. The van der Waals surface area contributed by atoms with Gasteiger partial charge >= 0.3 is 0 Å². The molecule has 0 radical (unpaired) electrons. The summed E-state index contributed by atoms with van der Waals surface area (Å²) in [4.78, 5) is 37.5. The van der Waals surface area contributed by atoms with Gasteiger partial charge in [0.15, 0.2) is 17.9 Å². The summed E-state index contributed by atoms with van der Waals surface area (Å²) in [5.41, 5.74) is 1.98. The van der Waals surface area contributed by atoms with Crippen LogP contribution in [0.3, 0.4) is 0 Å². The fourth-order valence-corrected chi connectivity index (χ4v) is 3.39. The fourth-order valence-electron chi connectivity index (χ4n) is 3.39. The number of carbonyl (C=O) groups excluding carboxylic acids is 3. The molecule has 7 heteroatoms. The Hall–Kier alpha value is -3.55. The van der Waals surface area contributed by atoms with Crippen LogP contribution < -0.4 is 9.47 Å². The highest BCUT2D eigenvalue weighted by Crippen LogP contribution is 2.19. The summed E-state index contributed by atoms with van der Waals surface area (Å²) in [7, 11) is 1.47. The van der Waals surface area contributed by atoms with E-state index in [1.807, 2.05) is 24.3 Å². The number of aldehydes is 1. The first-order chi connectivity index (χ1) is 16.6. The van der Waals surface area contributed by atoms with Gasteiger partial charge in [0, 0.05) is 19.6 Å². The molecule has 0 aromatic heterocycles. The third-order valence-electron chi connectivity index (χ3n) is 5.32. The van der Waals surface area contributed by atoms with E-state index in [0.29, 0.717) is 29.8 Å². The van der Waals surface area contributed by atoms with E-state index < -0.39 is 0 Å². The van der Waals surface area contributed by atoms with Crippen LogP contribution in [-0.2, 0) is 14.3 Å². The Balaban J connectivity index is 1.43. The predicted octanol–water partition coefficient (Wildman–Crippen LogP) is 3.47. The average Bonchev–Trinajstić information content (AvgIpc) is 2.87. The number of hydrogen-bond acceptors (Lipinski definition) is 7. The van der Waals surface area contributed by atoms with Gasteiger partial charge in [0.25, 0.3) is 0 Å². The summed E-state index contributed by atoms with van der Waals surface area (Å²) in [6.45, 7) is 4.88. The zero-order valence-corrected chi connectivity index (χ0v) is 19.3. The monoisotopic (exact) mass is 463 g/mol. The van der Waals surface area contributed by atoms with Gasteiger partial charge in [-0.25, -0.2) is 0 Å². The molecule has 1 aliphatic heterocycles. The molecule has 1 saturated heterocycles. The Bertz CT molecular complexity index is 1040. The molecule has 0 N–H and O–H groups in total. The van der Waals surface area contributed by atoms with Crippen molar-refractivity contribution in [1.29, 1.82) is 0 Å². The summed E-state index contributed by atoms with van der Waals surface area (Å²) in [5, 5.41) is 0. The normalized spacial score (nSPS) is 14.4. The SMILES string of the molecule is COc1cc(/C=C/C(=O)CC(=O)/C=C/c2ccc(OCCN3CCOCC3)cc2)ccc1C=O. The van der Waals surface area contributed by atoms with Gasteiger partial charge in [-0.3, -0.25) is 19.3 Å². The molecule has 34 heavy (non-hydrogen) atoms. The second-order valence-corrected chi connectivity index (χ2v) is 7.77. The molecule has 0 aliphatic carbocycles. The Kier molecular flexibility index (Phi) is 9.76. The highest BCUT2D eigenvalue weighted by molar-refractivity contribution is 6.10. The van der Waals surface area contributed by atoms with E-state index in [9.17, 15) is 14.4 Å². The lowest BCUT2D eigenvalue weighted by Crippen LogP contribution is -2.38. The molecule has 1 heterocycles. The maximum atomic E-state index is 12.1. The Morgan fingerprint density at radius 1 is 0.971 bits per heavy atom. The van der Waals surface area contributed by atoms with Crippen LogP contribution >= 0.6 is 0 Å². The lowest BCUT2D eigenvalue weighted by atomic mass is 10.1. The smallest absolute Gasteiger partial charge is 0.163 e. The van der Waals surface area contributed by atoms with Crippen molar-refractivity contribution in [3.05, 3.63) is 71.3 Å². The van der Waals surface area contributed by atoms with Crippen LogP contribution in [0.15, 0.2) is 54.6 Å². The molecule has 2 aromatic carbocycles. The number of ketones is 2. The van der Waals surface area contributed by atoms with Crippen molar-refractivity contribution in [2.24, 2.45) is 0 Å². The Morgan fingerprint density at radius 3 is 2.26 bits per heavy atom. The van der Waals surface area contributed by atoms with Crippen LogP contribution in [0.2, 0.25) is 0 Å². The van der Waals surface area contributed by atoms with E-state index in [1.54, 1.807) is 30.4 Å². The fraction of sp³-hybridized carbons (Fsp3) is 0.296. The number of benzene rings is 2. The lowest BCUT2D eigenvalue weighted by molar-refractivity contribution is -0.121. The summed E-state index contributed by atoms with van der Waals surface area (Å²) >= 11 is 0. The lowest BCUT2D eigenvalue weighted by Gasteiger charge is -2.26. The number of rotatable bonds is 12.